The second kappa shape index (κ2) is 16.1. The Balaban J connectivity index is 3.97. The average molecular weight is 361 g/mol. The minimum Gasteiger partial charge on any atom is -0.396 e. The van der Waals surface area contributed by atoms with Crippen molar-refractivity contribution in [1.82, 2.24) is 0 Å². The lowest BCUT2D eigenvalue weighted by Gasteiger charge is -2.07. The van der Waals surface area contributed by atoms with Gasteiger partial charge in [-0.15, -0.1) is 0 Å². The molecule has 1 N–H and O–H groups in total. The SMILES string of the molecule is CC(C)=CCCC(C)=CCCC(C)=CCCC(C)=CCCC(C)CCO. The van der Waals surface area contributed by atoms with Gasteiger partial charge in [-0.2, -0.15) is 0 Å². The van der Waals surface area contributed by atoms with Crippen LogP contribution in [0.25, 0.3) is 0 Å². The molecule has 0 aliphatic carbocycles. The summed E-state index contributed by atoms with van der Waals surface area (Å²) in [5.74, 6) is 0.629. The van der Waals surface area contributed by atoms with Crippen LogP contribution >= 0.6 is 0 Å². The maximum Gasteiger partial charge on any atom is 0.0433 e. The summed E-state index contributed by atoms with van der Waals surface area (Å²) in [5, 5.41) is 8.94. The van der Waals surface area contributed by atoms with Gasteiger partial charge in [0.2, 0.25) is 0 Å². The van der Waals surface area contributed by atoms with E-state index in [9.17, 15) is 0 Å². The van der Waals surface area contributed by atoms with Crippen LogP contribution in [0.15, 0.2) is 46.6 Å². The summed E-state index contributed by atoms with van der Waals surface area (Å²) in [7, 11) is 0. The molecule has 0 aliphatic heterocycles. The summed E-state index contributed by atoms with van der Waals surface area (Å²) >= 11 is 0. The first kappa shape index (κ1) is 24.9. The van der Waals surface area contributed by atoms with Gasteiger partial charge < -0.3 is 5.11 Å². The molecule has 0 saturated carbocycles. The molecule has 0 spiro atoms. The van der Waals surface area contributed by atoms with Gasteiger partial charge in [0.15, 0.2) is 0 Å². The third-order valence-corrected chi connectivity index (χ3v) is 4.93. The quantitative estimate of drug-likeness (QED) is 0.312. The first-order valence-electron chi connectivity index (χ1n) is 10.6. The highest BCUT2D eigenvalue weighted by Gasteiger charge is 1.99. The van der Waals surface area contributed by atoms with Gasteiger partial charge >= 0.3 is 0 Å². The van der Waals surface area contributed by atoms with E-state index in [2.05, 4.69) is 65.8 Å². The van der Waals surface area contributed by atoms with E-state index in [0.717, 1.165) is 19.3 Å². The minimum atomic E-state index is 0.318. The third-order valence-electron chi connectivity index (χ3n) is 4.93. The van der Waals surface area contributed by atoms with Crippen LogP contribution in [0.2, 0.25) is 0 Å². The molecule has 0 saturated heterocycles. The van der Waals surface area contributed by atoms with E-state index in [1.807, 2.05) is 0 Å². The topological polar surface area (TPSA) is 20.2 Å². The molecule has 0 rings (SSSR count). The maximum atomic E-state index is 8.94. The lowest BCUT2D eigenvalue weighted by Crippen LogP contribution is -1.97. The Morgan fingerprint density at radius 1 is 0.654 bits per heavy atom. The van der Waals surface area contributed by atoms with Gasteiger partial charge in [-0.3, -0.25) is 0 Å². The number of aliphatic hydroxyl groups excluding tert-OH is 1. The van der Waals surface area contributed by atoms with Crippen molar-refractivity contribution in [1.29, 1.82) is 0 Å². The van der Waals surface area contributed by atoms with Crippen LogP contribution in [0.3, 0.4) is 0 Å². The second-order valence-electron chi connectivity index (χ2n) is 8.24. The summed E-state index contributed by atoms with van der Waals surface area (Å²) in [4.78, 5) is 0. The summed E-state index contributed by atoms with van der Waals surface area (Å²) in [6.07, 6.45) is 19.8. The van der Waals surface area contributed by atoms with E-state index in [1.165, 1.54) is 60.8 Å². The fraction of sp³-hybridized carbons (Fsp3) is 0.680. The molecule has 1 nitrogen and oxygen atoms in total. The maximum absolute atomic E-state index is 8.94. The first-order valence-corrected chi connectivity index (χ1v) is 10.6. The van der Waals surface area contributed by atoms with E-state index in [-0.39, 0.29) is 0 Å². The lowest BCUT2D eigenvalue weighted by atomic mass is 10.0. The number of hydrogen-bond acceptors (Lipinski definition) is 1. The van der Waals surface area contributed by atoms with E-state index < -0.39 is 0 Å². The van der Waals surface area contributed by atoms with Crippen molar-refractivity contribution < 1.29 is 5.11 Å². The molecule has 0 heterocycles. The summed E-state index contributed by atoms with van der Waals surface area (Å²) in [6.45, 7) is 13.7. The van der Waals surface area contributed by atoms with Crippen molar-refractivity contribution in [3.8, 4) is 0 Å². The highest BCUT2D eigenvalue weighted by molar-refractivity contribution is 5.07. The van der Waals surface area contributed by atoms with Gasteiger partial charge in [-0.05, 0) is 98.3 Å². The molecular formula is C25H44O. The molecule has 1 atom stereocenters. The third kappa shape index (κ3) is 16.4. The Kier molecular flexibility index (Phi) is 15.5. The van der Waals surface area contributed by atoms with Gasteiger partial charge in [0, 0.05) is 6.61 Å². The molecule has 0 aromatic heterocycles. The second-order valence-corrected chi connectivity index (χ2v) is 8.24. The minimum absolute atomic E-state index is 0.318. The Labute approximate surface area is 164 Å². The van der Waals surface area contributed by atoms with Crippen LogP contribution in [-0.2, 0) is 0 Å². The standard InChI is InChI=1S/C25H44O/c1-21(2)11-7-12-22(3)13-8-14-23(4)15-9-16-24(5)17-10-18-25(6)19-20-26/h11,13,15,17,25-26H,7-10,12,14,16,18-20H2,1-6H3. The van der Waals surface area contributed by atoms with Gasteiger partial charge in [-0.25, -0.2) is 0 Å². The predicted octanol–water partition coefficient (Wildman–Crippen LogP) is 7.93. The zero-order chi connectivity index (χ0) is 19.8. The molecule has 1 heteroatoms. The Hall–Kier alpha value is -1.08. The monoisotopic (exact) mass is 360 g/mol. The van der Waals surface area contributed by atoms with E-state index >= 15 is 0 Å². The highest BCUT2D eigenvalue weighted by Crippen LogP contribution is 2.15. The molecule has 0 amide bonds. The molecule has 0 bridgehead atoms. The number of allylic oxidation sites excluding steroid dienone is 8. The van der Waals surface area contributed by atoms with Crippen molar-refractivity contribution >= 4 is 0 Å². The smallest absolute Gasteiger partial charge is 0.0433 e. The number of rotatable bonds is 14. The summed E-state index contributed by atoms with van der Waals surface area (Å²) < 4.78 is 0. The van der Waals surface area contributed by atoms with Crippen LogP contribution in [-0.4, -0.2) is 11.7 Å². The molecule has 0 aliphatic rings. The van der Waals surface area contributed by atoms with Crippen LogP contribution in [0.4, 0.5) is 0 Å². The molecule has 0 fully saturated rings. The van der Waals surface area contributed by atoms with Crippen LogP contribution < -0.4 is 0 Å². The zero-order valence-electron chi connectivity index (χ0n) is 18.4. The molecule has 0 aromatic rings. The normalized spacial score (nSPS) is 14.5. The van der Waals surface area contributed by atoms with Crippen molar-refractivity contribution in [3.05, 3.63) is 46.6 Å². The molecule has 0 radical (unpaired) electrons. The molecule has 1 unspecified atom stereocenters. The van der Waals surface area contributed by atoms with Crippen molar-refractivity contribution in [2.75, 3.05) is 6.61 Å². The molecular weight excluding hydrogens is 316 g/mol. The summed E-state index contributed by atoms with van der Waals surface area (Å²) in [6, 6.07) is 0. The number of aliphatic hydroxyl groups is 1. The molecule has 150 valence electrons. The first-order chi connectivity index (χ1) is 12.3. The number of hydrogen-bond donors (Lipinski definition) is 1. The fourth-order valence-electron chi connectivity index (χ4n) is 2.97. The van der Waals surface area contributed by atoms with E-state index in [0.29, 0.717) is 12.5 Å². The fourth-order valence-corrected chi connectivity index (χ4v) is 2.97. The van der Waals surface area contributed by atoms with Gasteiger partial charge in [0.1, 0.15) is 0 Å². The van der Waals surface area contributed by atoms with Crippen LogP contribution in [0.1, 0.15) is 99.3 Å². The van der Waals surface area contributed by atoms with Gasteiger partial charge in [0.25, 0.3) is 0 Å². The van der Waals surface area contributed by atoms with Crippen LogP contribution in [0.5, 0.6) is 0 Å². The average Bonchev–Trinajstić information content (AvgIpc) is 2.54. The van der Waals surface area contributed by atoms with Crippen molar-refractivity contribution in [3.63, 3.8) is 0 Å². The van der Waals surface area contributed by atoms with Crippen molar-refractivity contribution in [2.24, 2.45) is 5.92 Å². The zero-order valence-corrected chi connectivity index (χ0v) is 18.4. The van der Waals surface area contributed by atoms with E-state index in [1.54, 1.807) is 0 Å². The lowest BCUT2D eigenvalue weighted by molar-refractivity contribution is 0.259. The van der Waals surface area contributed by atoms with Gasteiger partial charge in [-0.1, -0.05) is 53.5 Å². The van der Waals surface area contributed by atoms with Crippen molar-refractivity contribution in [2.45, 2.75) is 99.3 Å². The summed E-state index contributed by atoms with van der Waals surface area (Å²) in [5.41, 5.74) is 5.95. The van der Waals surface area contributed by atoms with Gasteiger partial charge in [0.05, 0.1) is 0 Å². The highest BCUT2D eigenvalue weighted by atomic mass is 16.3. The molecule has 0 aromatic carbocycles. The van der Waals surface area contributed by atoms with Crippen LogP contribution in [0, 0.1) is 5.92 Å². The predicted molar refractivity (Wildman–Crippen MR) is 119 cm³/mol. The molecule has 26 heavy (non-hydrogen) atoms. The van der Waals surface area contributed by atoms with E-state index in [4.69, 9.17) is 5.11 Å². The largest absolute Gasteiger partial charge is 0.396 e. The Morgan fingerprint density at radius 3 is 1.50 bits per heavy atom. The Bertz CT molecular complexity index is 472. The Morgan fingerprint density at radius 2 is 1.08 bits per heavy atom.